The van der Waals surface area contributed by atoms with Crippen LogP contribution >= 0.6 is 11.3 Å². The lowest BCUT2D eigenvalue weighted by Gasteiger charge is -2.36. The second-order valence-corrected chi connectivity index (χ2v) is 10.1. The van der Waals surface area contributed by atoms with E-state index in [1.165, 1.54) is 15.6 Å². The Balaban J connectivity index is 1.38. The van der Waals surface area contributed by atoms with Crippen molar-refractivity contribution in [1.82, 2.24) is 19.4 Å². The van der Waals surface area contributed by atoms with Crippen LogP contribution in [0.4, 0.5) is 9.93 Å². The molecule has 1 aromatic rings. The molecule has 2 amide bonds. The number of hydrogen-bond donors (Lipinski definition) is 1. The second-order valence-electron chi connectivity index (χ2n) is 6.92. The zero-order chi connectivity index (χ0) is 18.1. The molecule has 1 aromatic heterocycles. The number of anilines is 1. The Morgan fingerprint density at radius 1 is 1.15 bits per heavy atom. The molecule has 4 rings (SSSR count). The summed E-state index contributed by atoms with van der Waals surface area (Å²) < 4.78 is 32.4. The summed E-state index contributed by atoms with van der Waals surface area (Å²) in [6.07, 6.45) is 3.52. The van der Waals surface area contributed by atoms with Crippen LogP contribution in [0.2, 0.25) is 0 Å². The molecule has 0 unspecified atom stereocenters. The van der Waals surface area contributed by atoms with Crippen molar-refractivity contribution in [1.29, 1.82) is 0 Å². The smallest absolute Gasteiger partial charge is 0.323 e. The molecule has 2 saturated heterocycles. The Kier molecular flexibility index (Phi) is 5.13. The number of nitrogens with one attached hydrogen (secondary N) is 1. The molecule has 3 aliphatic rings. The number of ether oxygens (including phenoxy) is 1. The molecule has 9 nitrogen and oxygen atoms in total. The van der Waals surface area contributed by atoms with Gasteiger partial charge in [0, 0.05) is 32.1 Å². The molecule has 0 aromatic carbocycles. The highest BCUT2D eigenvalue weighted by Crippen LogP contribution is 2.42. The van der Waals surface area contributed by atoms with E-state index in [0.29, 0.717) is 56.7 Å². The van der Waals surface area contributed by atoms with E-state index >= 15 is 0 Å². The van der Waals surface area contributed by atoms with Gasteiger partial charge in [-0.3, -0.25) is 5.32 Å². The zero-order valence-electron chi connectivity index (χ0n) is 14.5. The normalized spacial score (nSPS) is 25.2. The summed E-state index contributed by atoms with van der Waals surface area (Å²) in [7, 11) is -3.42. The molecule has 1 atom stereocenters. The standard InChI is InChI=1S/C15H23N5O4S2/c21-15(16-14-18-17-13(25-14)11-3-4-11)19-5-1-2-12(10-19)26(22,23)20-6-8-24-9-7-20/h11-12H,1-10H2,(H,16,18,21)/t12-/m1/s1. The van der Waals surface area contributed by atoms with Gasteiger partial charge < -0.3 is 9.64 Å². The molecular formula is C15H23N5O4S2. The average molecular weight is 402 g/mol. The lowest BCUT2D eigenvalue weighted by Crippen LogP contribution is -2.52. The van der Waals surface area contributed by atoms with Crippen molar-refractivity contribution in [2.75, 3.05) is 44.7 Å². The number of amides is 2. The van der Waals surface area contributed by atoms with Crippen molar-refractivity contribution in [3.63, 3.8) is 0 Å². The molecule has 1 saturated carbocycles. The first-order valence-electron chi connectivity index (χ1n) is 9.00. The van der Waals surface area contributed by atoms with Crippen molar-refractivity contribution in [3.05, 3.63) is 5.01 Å². The first kappa shape index (κ1) is 18.1. The fraction of sp³-hybridized carbons (Fsp3) is 0.800. The van der Waals surface area contributed by atoms with E-state index in [1.807, 2.05) is 0 Å². The minimum Gasteiger partial charge on any atom is -0.379 e. The van der Waals surface area contributed by atoms with Gasteiger partial charge in [-0.1, -0.05) is 11.3 Å². The summed E-state index contributed by atoms with van der Waals surface area (Å²) in [4.78, 5) is 14.1. The number of carbonyl (C=O) groups is 1. The van der Waals surface area contributed by atoms with Gasteiger partial charge in [0.15, 0.2) is 0 Å². The quantitative estimate of drug-likeness (QED) is 0.809. The highest BCUT2D eigenvalue weighted by atomic mass is 32.2. The summed E-state index contributed by atoms with van der Waals surface area (Å²) >= 11 is 1.40. The maximum absolute atomic E-state index is 12.8. The van der Waals surface area contributed by atoms with Crippen LogP contribution in [-0.4, -0.2) is 78.5 Å². The third kappa shape index (κ3) is 3.85. The lowest BCUT2D eigenvalue weighted by atomic mass is 10.1. The topological polar surface area (TPSA) is 105 Å². The van der Waals surface area contributed by atoms with Crippen LogP contribution in [0.3, 0.4) is 0 Å². The molecule has 26 heavy (non-hydrogen) atoms. The molecule has 3 heterocycles. The van der Waals surface area contributed by atoms with Gasteiger partial charge in [-0.25, -0.2) is 13.2 Å². The van der Waals surface area contributed by atoms with Crippen molar-refractivity contribution >= 4 is 32.5 Å². The van der Waals surface area contributed by atoms with Crippen molar-refractivity contribution in [3.8, 4) is 0 Å². The van der Waals surface area contributed by atoms with Gasteiger partial charge >= 0.3 is 6.03 Å². The number of urea groups is 1. The monoisotopic (exact) mass is 401 g/mol. The number of sulfonamides is 1. The molecule has 144 valence electrons. The Morgan fingerprint density at radius 2 is 1.92 bits per heavy atom. The average Bonchev–Trinajstić information content (AvgIpc) is 3.42. The van der Waals surface area contributed by atoms with Gasteiger partial charge in [-0.2, -0.15) is 4.31 Å². The van der Waals surface area contributed by atoms with E-state index in [4.69, 9.17) is 4.74 Å². The second kappa shape index (κ2) is 7.37. The number of hydrogen-bond acceptors (Lipinski definition) is 7. The van der Waals surface area contributed by atoms with E-state index in [1.54, 1.807) is 4.90 Å². The third-order valence-electron chi connectivity index (χ3n) is 5.00. The number of nitrogens with zero attached hydrogens (tertiary/aromatic N) is 4. The van der Waals surface area contributed by atoms with Crippen LogP contribution in [0.15, 0.2) is 0 Å². The van der Waals surface area contributed by atoms with Crippen molar-refractivity contribution in [2.24, 2.45) is 0 Å². The molecule has 11 heteroatoms. The molecule has 2 aliphatic heterocycles. The minimum atomic E-state index is -3.42. The summed E-state index contributed by atoms with van der Waals surface area (Å²) in [6, 6.07) is -0.301. The first-order chi connectivity index (χ1) is 12.5. The predicted molar refractivity (Wildman–Crippen MR) is 96.8 cm³/mol. The van der Waals surface area contributed by atoms with E-state index in [9.17, 15) is 13.2 Å². The molecular weight excluding hydrogens is 378 g/mol. The number of aromatic nitrogens is 2. The van der Waals surface area contributed by atoms with Crippen LogP contribution in [0.1, 0.15) is 36.6 Å². The molecule has 0 spiro atoms. The summed E-state index contributed by atoms with van der Waals surface area (Å²) in [5.74, 6) is 0.496. The SMILES string of the molecule is O=C(Nc1nnc(C2CC2)s1)N1CCC[C@@H](S(=O)(=O)N2CCOCC2)C1. The van der Waals surface area contributed by atoms with Gasteiger partial charge in [0.25, 0.3) is 0 Å². The van der Waals surface area contributed by atoms with Gasteiger partial charge in [0.1, 0.15) is 5.01 Å². The van der Waals surface area contributed by atoms with Crippen LogP contribution in [-0.2, 0) is 14.8 Å². The zero-order valence-corrected chi connectivity index (χ0v) is 16.1. The van der Waals surface area contributed by atoms with E-state index in [0.717, 1.165) is 17.8 Å². The van der Waals surface area contributed by atoms with Gasteiger partial charge in [0.2, 0.25) is 15.2 Å². The summed E-state index contributed by atoms with van der Waals surface area (Å²) in [6.45, 7) is 2.39. The fourth-order valence-electron chi connectivity index (χ4n) is 3.33. The van der Waals surface area contributed by atoms with Crippen molar-refractivity contribution in [2.45, 2.75) is 36.9 Å². The maximum atomic E-state index is 12.8. The first-order valence-corrected chi connectivity index (χ1v) is 11.3. The maximum Gasteiger partial charge on any atom is 0.323 e. The molecule has 0 bridgehead atoms. The summed E-state index contributed by atoms with van der Waals surface area (Å²) in [5, 5.41) is 11.8. The molecule has 0 radical (unpaired) electrons. The number of piperidine rings is 1. The van der Waals surface area contributed by atoms with E-state index < -0.39 is 15.3 Å². The number of carbonyl (C=O) groups excluding carboxylic acids is 1. The Morgan fingerprint density at radius 3 is 2.65 bits per heavy atom. The number of likely N-dealkylation sites (tertiary alicyclic amines) is 1. The van der Waals surface area contributed by atoms with Crippen LogP contribution in [0.5, 0.6) is 0 Å². The molecule has 3 fully saturated rings. The molecule has 1 N–H and O–H groups in total. The number of rotatable bonds is 4. The lowest BCUT2D eigenvalue weighted by molar-refractivity contribution is 0.0721. The van der Waals surface area contributed by atoms with Crippen LogP contribution in [0, 0.1) is 0 Å². The largest absolute Gasteiger partial charge is 0.379 e. The fourth-order valence-corrected chi connectivity index (χ4v) is 6.14. The Hall–Kier alpha value is -1.30. The number of morpholine rings is 1. The highest BCUT2D eigenvalue weighted by Gasteiger charge is 2.37. The van der Waals surface area contributed by atoms with Crippen LogP contribution < -0.4 is 5.32 Å². The Labute approximate surface area is 156 Å². The highest BCUT2D eigenvalue weighted by molar-refractivity contribution is 7.89. The van der Waals surface area contributed by atoms with E-state index in [2.05, 4.69) is 15.5 Å². The predicted octanol–water partition coefficient (Wildman–Crippen LogP) is 1.07. The minimum absolute atomic E-state index is 0.208. The van der Waals surface area contributed by atoms with Crippen LogP contribution in [0.25, 0.3) is 0 Å². The van der Waals surface area contributed by atoms with Crippen molar-refractivity contribution < 1.29 is 17.9 Å². The van der Waals surface area contributed by atoms with Gasteiger partial charge in [-0.15, -0.1) is 10.2 Å². The summed E-state index contributed by atoms with van der Waals surface area (Å²) in [5.41, 5.74) is 0. The van der Waals surface area contributed by atoms with Gasteiger partial charge in [0.05, 0.1) is 18.5 Å². The Bertz CT molecular complexity index is 758. The van der Waals surface area contributed by atoms with Gasteiger partial charge in [-0.05, 0) is 25.7 Å². The van der Waals surface area contributed by atoms with E-state index in [-0.39, 0.29) is 12.6 Å². The molecule has 1 aliphatic carbocycles. The third-order valence-corrected chi connectivity index (χ3v) is 8.31.